The van der Waals surface area contributed by atoms with Crippen LogP contribution in [-0.4, -0.2) is 22.5 Å². The van der Waals surface area contributed by atoms with Crippen LogP contribution in [0.4, 0.5) is 5.69 Å². The second-order valence-electron chi connectivity index (χ2n) is 5.76. The molecule has 0 aromatic heterocycles. The lowest BCUT2D eigenvalue weighted by Crippen LogP contribution is -2.49. The molecular formula is C14H14BrNO3. The summed E-state index contributed by atoms with van der Waals surface area (Å²) in [5.41, 5.74) is -0.0742. The lowest BCUT2D eigenvalue weighted by Gasteiger charge is -2.26. The van der Waals surface area contributed by atoms with Gasteiger partial charge in [-0.2, -0.15) is 0 Å². The SMILES string of the molecule is CC1(C)C(=O)N(C2(C(=O)O)CC2)c2ccc(Br)cc21. The summed E-state index contributed by atoms with van der Waals surface area (Å²) in [7, 11) is 0. The zero-order valence-corrected chi connectivity index (χ0v) is 12.3. The van der Waals surface area contributed by atoms with Gasteiger partial charge in [0.25, 0.3) is 0 Å². The number of amides is 1. The number of rotatable bonds is 2. The van der Waals surface area contributed by atoms with Crippen molar-refractivity contribution in [3.63, 3.8) is 0 Å². The minimum absolute atomic E-state index is 0.125. The lowest BCUT2D eigenvalue weighted by atomic mass is 9.86. The van der Waals surface area contributed by atoms with E-state index < -0.39 is 16.9 Å². The maximum Gasteiger partial charge on any atom is 0.330 e. The van der Waals surface area contributed by atoms with E-state index in [9.17, 15) is 14.7 Å². The Morgan fingerprint density at radius 3 is 2.53 bits per heavy atom. The molecule has 2 aliphatic rings. The van der Waals surface area contributed by atoms with Crippen molar-refractivity contribution in [2.24, 2.45) is 0 Å². The van der Waals surface area contributed by atoms with Crippen LogP contribution in [0, 0.1) is 0 Å². The third-order valence-corrected chi connectivity index (χ3v) is 4.65. The number of hydrogen-bond acceptors (Lipinski definition) is 2. The largest absolute Gasteiger partial charge is 0.479 e. The van der Waals surface area contributed by atoms with Crippen LogP contribution >= 0.6 is 15.9 Å². The zero-order chi connectivity index (χ0) is 14.0. The van der Waals surface area contributed by atoms with E-state index in [1.165, 1.54) is 4.90 Å². The fourth-order valence-corrected chi connectivity index (χ4v) is 3.15. The molecule has 0 saturated heterocycles. The summed E-state index contributed by atoms with van der Waals surface area (Å²) < 4.78 is 0.897. The van der Waals surface area contributed by atoms with Gasteiger partial charge in [0.1, 0.15) is 5.54 Å². The van der Waals surface area contributed by atoms with E-state index in [0.29, 0.717) is 12.8 Å². The molecule has 4 nitrogen and oxygen atoms in total. The van der Waals surface area contributed by atoms with Crippen molar-refractivity contribution < 1.29 is 14.7 Å². The van der Waals surface area contributed by atoms with Gasteiger partial charge in [0, 0.05) is 10.2 Å². The van der Waals surface area contributed by atoms with Gasteiger partial charge < -0.3 is 5.11 Å². The van der Waals surface area contributed by atoms with Gasteiger partial charge >= 0.3 is 5.97 Å². The van der Waals surface area contributed by atoms with Crippen LogP contribution in [0.25, 0.3) is 0 Å². The molecule has 1 aliphatic heterocycles. The number of carbonyl (C=O) groups is 2. The number of halogens is 1. The smallest absolute Gasteiger partial charge is 0.330 e. The lowest BCUT2D eigenvalue weighted by molar-refractivity contribution is -0.141. The van der Waals surface area contributed by atoms with Crippen molar-refractivity contribution >= 4 is 33.5 Å². The summed E-state index contributed by atoms with van der Waals surface area (Å²) in [5.74, 6) is -1.03. The Hall–Kier alpha value is -1.36. The molecule has 1 amide bonds. The Bertz CT molecular complexity index is 605. The number of fused-ring (bicyclic) bond motifs is 1. The first kappa shape index (κ1) is 12.7. The molecule has 0 spiro atoms. The first-order chi connectivity index (χ1) is 8.80. The highest BCUT2D eigenvalue weighted by Gasteiger charge is 2.62. The Morgan fingerprint density at radius 1 is 1.37 bits per heavy atom. The first-order valence-corrected chi connectivity index (χ1v) is 6.98. The quantitative estimate of drug-likeness (QED) is 0.910. The number of carbonyl (C=O) groups excluding carboxylic acids is 1. The number of hydrogen-bond donors (Lipinski definition) is 1. The number of aliphatic carboxylic acids is 1. The van der Waals surface area contributed by atoms with Crippen LogP contribution in [-0.2, 0) is 15.0 Å². The van der Waals surface area contributed by atoms with Crippen molar-refractivity contribution in [2.45, 2.75) is 37.6 Å². The van der Waals surface area contributed by atoms with Crippen molar-refractivity contribution in [1.29, 1.82) is 0 Å². The van der Waals surface area contributed by atoms with Crippen LogP contribution < -0.4 is 4.90 Å². The highest BCUT2D eigenvalue weighted by molar-refractivity contribution is 9.10. The first-order valence-electron chi connectivity index (χ1n) is 6.19. The predicted octanol–water partition coefficient (Wildman–Crippen LogP) is 2.69. The number of benzene rings is 1. The molecule has 1 fully saturated rings. The molecular weight excluding hydrogens is 310 g/mol. The maximum atomic E-state index is 12.6. The highest BCUT2D eigenvalue weighted by atomic mass is 79.9. The van der Waals surface area contributed by atoms with Crippen molar-refractivity contribution in [2.75, 3.05) is 4.90 Å². The molecule has 0 unspecified atom stereocenters. The molecule has 100 valence electrons. The van der Waals surface area contributed by atoms with Gasteiger partial charge in [-0.05, 0) is 50.5 Å². The summed E-state index contributed by atoms with van der Waals surface area (Å²) in [6.07, 6.45) is 1.05. The predicted molar refractivity (Wildman–Crippen MR) is 74.3 cm³/mol. The second kappa shape index (κ2) is 3.60. The normalized spacial score (nSPS) is 22.3. The third kappa shape index (κ3) is 1.51. The van der Waals surface area contributed by atoms with Gasteiger partial charge in [0.15, 0.2) is 0 Å². The van der Waals surface area contributed by atoms with E-state index in [1.54, 1.807) is 0 Å². The van der Waals surface area contributed by atoms with Crippen LogP contribution in [0.2, 0.25) is 0 Å². The Labute approximate surface area is 119 Å². The minimum Gasteiger partial charge on any atom is -0.479 e. The molecule has 5 heteroatoms. The molecule has 19 heavy (non-hydrogen) atoms. The van der Waals surface area contributed by atoms with Crippen molar-refractivity contribution in [3.8, 4) is 0 Å². The van der Waals surface area contributed by atoms with Gasteiger partial charge in [0.05, 0.1) is 5.41 Å². The Balaban J connectivity index is 2.20. The standard InChI is InChI=1S/C14H14BrNO3/c1-13(2)9-7-8(15)3-4-10(9)16(11(13)17)14(5-6-14)12(18)19/h3-4,7H,5-6H2,1-2H3,(H,18,19). The van der Waals surface area contributed by atoms with Crippen LogP contribution in [0.3, 0.4) is 0 Å². The summed E-state index contributed by atoms with van der Waals surface area (Å²) in [5, 5.41) is 9.43. The molecule has 0 bridgehead atoms. The summed E-state index contributed by atoms with van der Waals surface area (Å²) in [4.78, 5) is 25.6. The molecule has 1 aromatic rings. The van der Waals surface area contributed by atoms with E-state index in [2.05, 4.69) is 15.9 Å². The number of carboxylic acids is 1. The number of anilines is 1. The van der Waals surface area contributed by atoms with E-state index in [1.807, 2.05) is 32.0 Å². The summed E-state index contributed by atoms with van der Waals surface area (Å²) >= 11 is 3.41. The van der Waals surface area contributed by atoms with E-state index in [4.69, 9.17) is 0 Å². The minimum atomic E-state index is -1.02. The Morgan fingerprint density at radius 2 is 2.00 bits per heavy atom. The van der Waals surface area contributed by atoms with Gasteiger partial charge in [-0.25, -0.2) is 4.79 Å². The molecule has 0 radical (unpaired) electrons. The van der Waals surface area contributed by atoms with Crippen molar-refractivity contribution in [1.82, 2.24) is 0 Å². The van der Waals surface area contributed by atoms with Crippen molar-refractivity contribution in [3.05, 3.63) is 28.2 Å². The average Bonchev–Trinajstić information content (AvgIpc) is 3.09. The van der Waals surface area contributed by atoms with Gasteiger partial charge in [-0.3, -0.25) is 9.69 Å². The van der Waals surface area contributed by atoms with Gasteiger partial charge in [-0.15, -0.1) is 0 Å². The number of nitrogens with zero attached hydrogens (tertiary/aromatic N) is 1. The Kier molecular flexibility index (Phi) is 2.40. The van der Waals surface area contributed by atoms with Crippen LogP contribution in [0.5, 0.6) is 0 Å². The monoisotopic (exact) mass is 323 g/mol. The highest BCUT2D eigenvalue weighted by Crippen LogP contribution is 2.53. The maximum absolute atomic E-state index is 12.6. The van der Waals surface area contributed by atoms with Crippen LogP contribution in [0.15, 0.2) is 22.7 Å². The van der Waals surface area contributed by atoms with E-state index >= 15 is 0 Å². The third-order valence-electron chi connectivity index (χ3n) is 4.16. The molecule has 1 heterocycles. The molecule has 1 saturated carbocycles. The van der Waals surface area contributed by atoms with Gasteiger partial charge in [-0.1, -0.05) is 15.9 Å². The zero-order valence-electron chi connectivity index (χ0n) is 10.7. The fraction of sp³-hybridized carbons (Fsp3) is 0.429. The van der Waals surface area contributed by atoms with Crippen LogP contribution in [0.1, 0.15) is 32.3 Å². The molecule has 1 aliphatic carbocycles. The number of carboxylic acid groups (broad SMARTS) is 1. The fourth-order valence-electron chi connectivity index (χ4n) is 2.78. The topological polar surface area (TPSA) is 57.6 Å². The molecule has 1 aromatic carbocycles. The second-order valence-corrected chi connectivity index (χ2v) is 6.68. The molecule has 0 atom stereocenters. The van der Waals surface area contributed by atoms with Gasteiger partial charge in [0.2, 0.25) is 5.91 Å². The average molecular weight is 324 g/mol. The summed E-state index contributed by atoms with van der Waals surface area (Å²) in [6.45, 7) is 3.69. The molecule has 3 rings (SSSR count). The summed E-state index contributed by atoms with van der Waals surface area (Å²) in [6, 6.07) is 5.58. The van der Waals surface area contributed by atoms with E-state index in [-0.39, 0.29) is 5.91 Å². The molecule has 1 N–H and O–H groups in total. The van der Waals surface area contributed by atoms with E-state index in [0.717, 1.165) is 15.7 Å².